The van der Waals surface area contributed by atoms with Crippen molar-refractivity contribution in [3.63, 3.8) is 0 Å². The Morgan fingerprint density at radius 1 is 1.37 bits per heavy atom. The van der Waals surface area contributed by atoms with Crippen molar-refractivity contribution in [2.75, 3.05) is 12.8 Å². The van der Waals surface area contributed by atoms with E-state index in [1.54, 1.807) is 0 Å². The van der Waals surface area contributed by atoms with Gasteiger partial charge in [0.05, 0.1) is 11.0 Å². The molecule has 1 N–H and O–H groups in total. The molecule has 0 amide bonds. The summed E-state index contributed by atoms with van der Waals surface area (Å²) in [5.41, 5.74) is 2.35. The minimum atomic E-state index is 0.729. The van der Waals surface area contributed by atoms with E-state index in [0.29, 0.717) is 0 Å². The first-order valence-corrected chi connectivity index (χ1v) is 8.25. The van der Waals surface area contributed by atoms with Crippen LogP contribution in [-0.4, -0.2) is 33.6 Å². The zero-order valence-corrected chi connectivity index (χ0v) is 12.4. The van der Waals surface area contributed by atoms with Gasteiger partial charge in [0, 0.05) is 24.4 Å². The van der Waals surface area contributed by atoms with Crippen LogP contribution in [0.3, 0.4) is 0 Å². The van der Waals surface area contributed by atoms with Crippen molar-refractivity contribution >= 4 is 22.8 Å². The Labute approximate surface area is 118 Å². The summed E-state index contributed by atoms with van der Waals surface area (Å²) in [5.74, 6) is 1.11. The molecule has 0 unspecified atom stereocenters. The van der Waals surface area contributed by atoms with Gasteiger partial charge in [-0.3, -0.25) is 0 Å². The van der Waals surface area contributed by atoms with Gasteiger partial charge in [0.1, 0.15) is 5.82 Å². The molecule has 1 aromatic carbocycles. The molecule has 0 bridgehead atoms. The van der Waals surface area contributed by atoms with E-state index in [0.717, 1.165) is 35.7 Å². The van der Waals surface area contributed by atoms with Crippen molar-refractivity contribution in [2.24, 2.45) is 0 Å². The summed E-state index contributed by atoms with van der Waals surface area (Å²) in [6.07, 6.45) is 4.86. The Morgan fingerprint density at radius 3 is 2.95 bits per heavy atom. The van der Waals surface area contributed by atoms with Crippen LogP contribution in [0.25, 0.3) is 11.0 Å². The van der Waals surface area contributed by atoms with Gasteiger partial charge in [0.2, 0.25) is 0 Å². The van der Waals surface area contributed by atoms with E-state index in [9.17, 15) is 0 Å². The molecule has 0 saturated heterocycles. The van der Waals surface area contributed by atoms with Gasteiger partial charge in [-0.05, 0) is 38.2 Å². The molecule has 19 heavy (non-hydrogen) atoms. The molecule has 0 aliphatic heterocycles. The van der Waals surface area contributed by atoms with E-state index >= 15 is 0 Å². The van der Waals surface area contributed by atoms with Crippen molar-refractivity contribution in [3.8, 4) is 0 Å². The molecular weight excluding hydrogens is 254 g/mol. The van der Waals surface area contributed by atoms with Crippen LogP contribution < -0.4 is 5.32 Å². The van der Waals surface area contributed by atoms with Crippen LogP contribution in [0.5, 0.6) is 0 Å². The molecule has 1 aromatic heterocycles. The summed E-state index contributed by atoms with van der Waals surface area (Å²) in [7, 11) is 0. The van der Waals surface area contributed by atoms with Gasteiger partial charge < -0.3 is 9.88 Å². The Balaban J connectivity index is 1.58. The Bertz CT molecular complexity index is 558. The lowest BCUT2D eigenvalue weighted by atomic mass is 9.92. The number of rotatable bonds is 5. The van der Waals surface area contributed by atoms with Crippen LogP contribution in [0.4, 0.5) is 0 Å². The quantitative estimate of drug-likeness (QED) is 0.910. The summed E-state index contributed by atoms with van der Waals surface area (Å²) in [4.78, 5) is 4.60. The number of hydrogen-bond donors (Lipinski definition) is 1. The van der Waals surface area contributed by atoms with Gasteiger partial charge in [-0.2, -0.15) is 11.8 Å². The lowest BCUT2D eigenvalue weighted by Crippen LogP contribution is -2.43. The summed E-state index contributed by atoms with van der Waals surface area (Å²) >= 11 is 2.00. The maximum atomic E-state index is 4.60. The molecule has 2 aromatic rings. The largest absolute Gasteiger partial charge is 0.327 e. The molecule has 0 spiro atoms. The lowest BCUT2D eigenvalue weighted by Gasteiger charge is -2.34. The predicted molar refractivity (Wildman–Crippen MR) is 82.8 cm³/mol. The zero-order chi connectivity index (χ0) is 13.2. The number of thioether (sulfide) groups is 1. The van der Waals surface area contributed by atoms with E-state index in [2.05, 4.69) is 46.2 Å². The highest BCUT2D eigenvalue weighted by Crippen LogP contribution is 2.29. The molecule has 0 atom stereocenters. The number of para-hydroxylation sites is 2. The average molecular weight is 275 g/mol. The standard InChI is InChI=1S/C15H21N3S/c1-11-17-14-5-3-4-6-15(14)18(11)8-7-16-12-9-13(10-12)19-2/h3-6,12-13,16H,7-10H2,1-2H3. The fourth-order valence-corrected chi connectivity index (χ4v) is 3.63. The number of imidazole rings is 1. The third kappa shape index (κ3) is 2.65. The normalized spacial score (nSPS) is 22.6. The van der Waals surface area contributed by atoms with Crippen molar-refractivity contribution < 1.29 is 0 Å². The Kier molecular flexibility index (Phi) is 3.80. The first kappa shape index (κ1) is 13.0. The smallest absolute Gasteiger partial charge is 0.106 e. The van der Waals surface area contributed by atoms with Crippen LogP contribution in [0.15, 0.2) is 24.3 Å². The fraction of sp³-hybridized carbons (Fsp3) is 0.533. The van der Waals surface area contributed by atoms with Crippen LogP contribution in [0, 0.1) is 6.92 Å². The molecule has 102 valence electrons. The predicted octanol–water partition coefficient (Wildman–Crippen LogP) is 2.83. The van der Waals surface area contributed by atoms with Crippen molar-refractivity contribution in [3.05, 3.63) is 30.1 Å². The minimum absolute atomic E-state index is 0.729. The van der Waals surface area contributed by atoms with Crippen LogP contribution in [0.2, 0.25) is 0 Å². The average Bonchev–Trinajstić information content (AvgIpc) is 2.68. The van der Waals surface area contributed by atoms with Gasteiger partial charge in [-0.15, -0.1) is 0 Å². The van der Waals surface area contributed by atoms with Crippen LogP contribution >= 0.6 is 11.8 Å². The maximum Gasteiger partial charge on any atom is 0.106 e. The van der Waals surface area contributed by atoms with E-state index in [4.69, 9.17) is 0 Å². The van der Waals surface area contributed by atoms with Gasteiger partial charge >= 0.3 is 0 Å². The molecule has 1 fully saturated rings. The number of nitrogens with zero attached hydrogens (tertiary/aromatic N) is 2. The lowest BCUT2D eigenvalue weighted by molar-refractivity contribution is 0.346. The second-order valence-corrected chi connectivity index (χ2v) is 6.42. The third-order valence-corrected chi connectivity index (χ3v) is 5.09. The van der Waals surface area contributed by atoms with Gasteiger partial charge in [-0.1, -0.05) is 12.1 Å². The SMILES string of the molecule is CSC1CC(NCCn2c(C)nc3ccccc32)C1. The Morgan fingerprint density at radius 2 is 2.16 bits per heavy atom. The molecule has 4 heteroatoms. The summed E-state index contributed by atoms with van der Waals surface area (Å²) in [6, 6.07) is 9.10. The highest BCUT2D eigenvalue weighted by molar-refractivity contribution is 7.99. The topological polar surface area (TPSA) is 29.9 Å². The van der Waals surface area contributed by atoms with E-state index in [1.165, 1.54) is 18.4 Å². The first-order valence-electron chi connectivity index (χ1n) is 6.96. The molecule has 1 heterocycles. The van der Waals surface area contributed by atoms with E-state index < -0.39 is 0 Å². The fourth-order valence-electron chi connectivity index (χ4n) is 2.78. The van der Waals surface area contributed by atoms with Crippen LogP contribution in [0.1, 0.15) is 18.7 Å². The molecule has 0 radical (unpaired) electrons. The number of fused-ring (bicyclic) bond motifs is 1. The number of hydrogen-bond acceptors (Lipinski definition) is 3. The monoisotopic (exact) mass is 275 g/mol. The molecule has 1 aliphatic rings. The molecule has 1 saturated carbocycles. The highest BCUT2D eigenvalue weighted by Gasteiger charge is 2.27. The molecule has 3 rings (SSSR count). The van der Waals surface area contributed by atoms with Crippen molar-refractivity contribution in [1.82, 2.24) is 14.9 Å². The van der Waals surface area contributed by atoms with Crippen molar-refractivity contribution in [2.45, 2.75) is 37.6 Å². The van der Waals surface area contributed by atoms with E-state index in [1.807, 2.05) is 17.8 Å². The summed E-state index contributed by atoms with van der Waals surface area (Å²) < 4.78 is 2.31. The van der Waals surface area contributed by atoms with Gasteiger partial charge in [0.15, 0.2) is 0 Å². The summed E-state index contributed by atoms with van der Waals surface area (Å²) in [6.45, 7) is 4.13. The Hall–Kier alpha value is -1.00. The number of benzene rings is 1. The molecule has 1 aliphatic carbocycles. The zero-order valence-electron chi connectivity index (χ0n) is 11.6. The maximum absolute atomic E-state index is 4.60. The summed E-state index contributed by atoms with van der Waals surface area (Å²) in [5, 5.41) is 4.53. The highest BCUT2D eigenvalue weighted by atomic mass is 32.2. The number of nitrogens with one attached hydrogen (secondary N) is 1. The second kappa shape index (κ2) is 5.55. The second-order valence-electron chi connectivity index (χ2n) is 5.28. The van der Waals surface area contributed by atoms with E-state index in [-0.39, 0.29) is 0 Å². The molecule has 3 nitrogen and oxygen atoms in total. The van der Waals surface area contributed by atoms with Crippen LogP contribution in [-0.2, 0) is 6.54 Å². The van der Waals surface area contributed by atoms with Gasteiger partial charge in [-0.25, -0.2) is 4.98 Å². The third-order valence-electron chi connectivity index (χ3n) is 4.04. The minimum Gasteiger partial charge on any atom is -0.327 e. The van der Waals surface area contributed by atoms with Crippen molar-refractivity contribution in [1.29, 1.82) is 0 Å². The first-order chi connectivity index (χ1) is 9.28. The number of aryl methyl sites for hydroxylation is 1. The number of aromatic nitrogens is 2. The molecular formula is C15H21N3S. The van der Waals surface area contributed by atoms with Gasteiger partial charge in [0.25, 0.3) is 0 Å².